The van der Waals surface area contributed by atoms with Crippen LogP contribution >= 0.6 is 11.3 Å². The van der Waals surface area contributed by atoms with Gasteiger partial charge in [0.2, 0.25) is 11.8 Å². The zero-order chi connectivity index (χ0) is 16.9. The number of nitrogens with two attached hydrogens (primary N) is 1. The molecule has 2 aliphatic rings. The Balaban J connectivity index is 1.45. The van der Waals surface area contributed by atoms with Crippen molar-refractivity contribution >= 4 is 23.2 Å². The van der Waals surface area contributed by atoms with E-state index in [-0.39, 0.29) is 24.3 Å². The molecule has 0 radical (unpaired) electrons. The Kier molecular flexibility index (Phi) is 5.89. The second-order valence-electron chi connectivity index (χ2n) is 6.95. The molecule has 2 amide bonds. The van der Waals surface area contributed by atoms with Crippen molar-refractivity contribution in [2.45, 2.75) is 44.9 Å². The van der Waals surface area contributed by atoms with Crippen molar-refractivity contribution in [3.8, 4) is 0 Å². The SMILES string of the molecule is NC(=O)CN1CCC[C@@H](C(=O)NCCc2csc3c2CCCC3)C1. The highest BCUT2D eigenvalue weighted by atomic mass is 32.1. The van der Waals surface area contributed by atoms with Crippen molar-refractivity contribution in [1.29, 1.82) is 0 Å². The van der Waals surface area contributed by atoms with Crippen molar-refractivity contribution in [1.82, 2.24) is 10.2 Å². The second-order valence-corrected chi connectivity index (χ2v) is 7.92. The maximum Gasteiger partial charge on any atom is 0.231 e. The maximum atomic E-state index is 12.4. The third kappa shape index (κ3) is 4.36. The molecule has 1 aromatic heterocycles. The molecule has 1 aromatic rings. The molecule has 5 nitrogen and oxygen atoms in total. The molecular formula is C18H27N3O2S. The van der Waals surface area contributed by atoms with Crippen molar-refractivity contribution < 1.29 is 9.59 Å². The van der Waals surface area contributed by atoms with E-state index < -0.39 is 0 Å². The van der Waals surface area contributed by atoms with Crippen LogP contribution in [0.2, 0.25) is 0 Å². The highest BCUT2D eigenvalue weighted by Gasteiger charge is 2.26. The lowest BCUT2D eigenvalue weighted by atomic mass is 9.94. The lowest BCUT2D eigenvalue weighted by Gasteiger charge is -2.31. The molecular weight excluding hydrogens is 322 g/mol. The van der Waals surface area contributed by atoms with E-state index in [1.807, 2.05) is 16.2 Å². The summed E-state index contributed by atoms with van der Waals surface area (Å²) < 4.78 is 0. The number of carbonyl (C=O) groups is 2. The third-order valence-corrected chi connectivity index (χ3v) is 6.23. The van der Waals surface area contributed by atoms with Gasteiger partial charge in [0.25, 0.3) is 0 Å². The minimum absolute atomic E-state index is 0.0190. The van der Waals surface area contributed by atoms with Gasteiger partial charge in [-0.2, -0.15) is 0 Å². The number of likely N-dealkylation sites (tertiary alicyclic amines) is 1. The summed E-state index contributed by atoms with van der Waals surface area (Å²) in [5.74, 6) is -0.221. The molecule has 6 heteroatoms. The average molecular weight is 350 g/mol. The Morgan fingerprint density at radius 3 is 2.96 bits per heavy atom. The summed E-state index contributed by atoms with van der Waals surface area (Å²) in [6.45, 7) is 2.45. The van der Waals surface area contributed by atoms with E-state index in [1.54, 1.807) is 10.4 Å². The van der Waals surface area contributed by atoms with Crippen LogP contribution in [0.3, 0.4) is 0 Å². The zero-order valence-electron chi connectivity index (χ0n) is 14.2. The number of carbonyl (C=O) groups excluding carboxylic acids is 2. The summed E-state index contributed by atoms with van der Waals surface area (Å²) >= 11 is 1.88. The van der Waals surface area contributed by atoms with Gasteiger partial charge in [-0.25, -0.2) is 0 Å². The fourth-order valence-corrected chi connectivity index (χ4v) is 5.05. The van der Waals surface area contributed by atoms with Gasteiger partial charge in [-0.15, -0.1) is 11.3 Å². The summed E-state index contributed by atoms with van der Waals surface area (Å²) in [5.41, 5.74) is 8.23. The van der Waals surface area contributed by atoms with Crippen LogP contribution in [0.5, 0.6) is 0 Å². The zero-order valence-corrected chi connectivity index (χ0v) is 15.0. The van der Waals surface area contributed by atoms with Gasteiger partial charge in [0.05, 0.1) is 12.5 Å². The lowest BCUT2D eigenvalue weighted by Crippen LogP contribution is -2.46. The van der Waals surface area contributed by atoms with Gasteiger partial charge in [-0.05, 0) is 68.0 Å². The van der Waals surface area contributed by atoms with Crippen LogP contribution in [0.15, 0.2) is 5.38 Å². The summed E-state index contributed by atoms with van der Waals surface area (Å²) in [5, 5.41) is 5.37. The van der Waals surface area contributed by atoms with Gasteiger partial charge in [0.15, 0.2) is 0 Å². The van der Waals surface area contributed by atoms with Gasteiger partial charge in [-0.3, -0.25) is 14.5 Å². The van der Waals surface area contributed by atoms with Crippen molar-refractivity contribution in [3.05, 3.63) is 21.4 Å². The molecule has 0 spiro atoms. The largest absolute Gasteiger partial charge is 0.369 e. The smallest absolute Gasteiger partial charge is 0.231 e. The number of aryl methyl sites for hydroxylation is 1. The first kappa shape index (κ1) is 17.4. The van der Waals surface area contributed by atoms with Gasteiger partial charge in [-0.1, -0.05) is 0 Å². The number of rotatable bonds is 6. The normalized spacial score (nSPS) is 21.2. The molecule has 1 saturated heterocycles. The van der Waals surface area contributed by atoms with E-state index in [1.165, 1.54) is 31.2 Å². The maximum absolute atomic E-state index is 12.4. The highest BCUT2D eigenvalue weighted by molar-refractivity contribution is 7.10. The van der Waals surface area contributed by atoms with E-state index in [2.05, 4.69) is 10.7 Å². The Labute approximate surface area is 147 Å². The van der Waals surface area contributed by atoms with Crippen LogP contribution in [-0.2, 0) is 28.9 Å². The first-order valence-corrected chi connectivity index (χ1v) is 9.88. The van der Waals surface area contributed by atoms with Crippen LogP contribution in [-0.4, -0.2) is 42.9 Å². The molecule has 24 heavy (non-hydrogen) atoms. The molecule has 1 aliphatic heterocycles. The number of fused-ring (bicyclic) bond motifs is 1. The molecule has 1 fully saturated rings. The van der Waals surface area contributed by atoms with Crippen molar-refractivity contribution in [2.75, 3.05) is 26.2 Å². The molecule has 2 heterocycles. The number of nitrogens with zero attached hydrogens (tertiary/aromatic N) is 1. The quantitative estimate of drug-likeness (QED) is 0.817. The van der Waals surface area contributed by atoms with Crippen LogP contribution < -0.4 is 11.1 Å². The summed E-state index contributed by atoms with van der Waals surface area (Å²) in [4.78, 5) is 27.0. The monoisotopic (exact) mass is 349 g/mol. The third-order valence-electron chi connectivity index (χ3n) is 5.10. The molecule has 1 aliphatic carbocycles. The van der Waals surface area contributed by atoms with E-state index in [4.69, 9.17) is 5.73 Å². The molecule has 0 bridgehead atoms. The number of thiophene rings is 1. The van der Waals surface area contributed by atoms with Crippen LogP contribution in [0.4, 0.5) is 0 Å². The van der Waals surface area contributed by atoms with E-state index in [9.17, 15) is 9.59 Å². The van der Waals surface area contributed by atoms with E-state index >= 15 is 0 Å². The number of primary amides is 1. The van der Waals surface area contributed by atoms with Crippen LogP contribution in [0, 0.1) is 5.92 Å². The lowest BCUT2D eigenvalue weighted by molar-refractivity contribution is -0.128. The van der Waals surface area contributed by atoms with Crippen LogP contribution in [0.25, 0.3) is 0 Å². The summed E-state index contributed by atoms with van der Waals surface area (Å²) in [6, 6.07) is 0. The fraction of sp³-hybridized carbons (Fsp3) is 0.667. The number of amides is 2. The Bertz CT molecular complexity index is 599. The van der Waals surface area contributed by atoms with Gasteiger partial charge < -0.3 is 11.1 Å². The fourth-order valence-electron chi connectivity index (χ4n) is 3.87. The summed E-state index contributed by atoms with van der Waals surface area (Å²) in [6.07, 6.45) is 7.80. The Hall–Kier alpha value is -1.40. The Morgan fingerprint density at radius 1 is 1.29 bits per heavy atom. The first-order chi connectivity index (χ1) is 11.6. The second kappa shape index (κ2) is 8.12. The minimum Gasteiger partial charge on any atom is -0.369 e. The number of hydrogen-bond acceptors (Lipinski definition) is 4. The molecule has 0 saturated carbocycles. The number of hydrogen-bond donors (Lipinski definition) is 2. The van der Waals surface area contributed by atoms with Crippen molar-refractivity contribution in [2.24, 2.45) is 11.7 Å². The van der Waals surface area contributed by atoms with Crippen molar-refractivity contribution in [3.63, 3.8) is 0 Å². The molecule has 0 aromatic carbocycles. The highest BCUT2D eigenvalue weighted by Crippen LogP contribution is 2.30. The van der Waals surface area contributed by atoms with Crippen LogP contribution in [0.1, 0.15) is 41.7 Å². The summed E-state index contributed by atoms with van der Waals surface area (Å²) in [7, 11) is 0. The first-order valence-electron chi connectivity index (χ1n) is 9.00. The van der Waals surface area contributed by atoms with E-state index in [0.717, 1.165) is 25.8 Å². The van der Waals surface area contributed by atoms with Gasteiger partial charge in [0, 0.05) is 18.0 Å². The molecule has 0 unspecified atom stereocenters. The predicted molar refractivity (Wildman–Crippen MR) is 96.0 cm³/mol. The predicted octanol–water partition coefficient (Wildman–Crippen LogP) is 1.48. The van der Waals surface area contributed by atoms with Gasteiger partial charge in [0.1, 0.15) is 0 Å². The average Bonchev–Trinajstić information content (AvgIpc) is 2.98. The topological polar surface area (TPSA) is 75.4 Å². The number of piperidine rings is 1. The standard InChI is InChI=1S/C18H27N3O2S/c19-17(22)11-21-9-3-4-13(10-21)18(23)20-8-7-14-12-24-16-6-2-1-5-15(14)16/h12-13H,1-11H2,(H2,19,22)(H,20,23)/t13-/m1/s1. The Morgan fingerprint density at radius 2 is 2.12 bits per heavy atom. The number of nitrogens with one attached hydrogen (secondary N) is 1. The molecule has 1 atom stereocenters. The van der Waals surface area contributed by atoms with Gasteiger partial charge >= 0.3 is 0 Å². The van der Waals surface area contributed by atoms with E-state index in [0.29, 0.717) is 13.1 Å². The minimum atomic E-state index is -0.321. The molecule has 3 N–H and O–H groups in total. The molecule has 3 rings (SSSR count). The molecule has 132 valence electrons.